The highest BCUT2D eigenvalue weighted by molar-refractivity contribution is 7.98. The summed E-state index contributed by atoms with van der Waals surface area (Å²) >= 11 is 1.58. The Kier molecular flexibility index (Phi) is 9.05. The number of carbonyl (C=O) groups is 2. The first-order valence-corrected chi connectivity index (χ1v) is 14.2. The van der Waals surface area contributed by atoms with Gasteiger partial charge in [0, 0.05) is 35.9 Å². The average molecular weight is 576 g/mol. The molecule has 0 unspecified atom stereocenters. The molecule has 0 fully saturated rings. The molecule has 0 aliphatic carbocycles. The number of hydrogen-bond acceptors (Lipinski definition) is 7. The number of amides is 2. The van der Waals surface area contributed by atoms with Crippen LogP contribution in [0.4, 0.5) is 11.4 Å². The fourth-order valence-corrected chi connectivity index (χ4v) is 4.83. The number of nitrogens with zero attached hydrogens (tertiary/aromatic N) is 5. The Morgan fingerprint density at radius 1 is 0.857 bits per heavy atom. The highest BCUT2D eigenvalue weighted by Gasteiger charge is 2.15. The summed E-state index contributed by atoms with van der Waals surface area (Å²) in [6.07, 6.45) is 1.66. The zero-order valence-electron chi connectivity index (χ0n) is 23.1. The highest BCUT2D eigenvalue weighted by Crippen LogP contribution is 2.24. The summed E-state index contributed by atoms with van der Waals surface area (Å²) < 4.78 is 1.72. The molecule has 0 radical (unpaired) electrons. The Hall–Kier alpha value is -5.22. The van der Waals surface area contributed by atoms with Crippen molar-refractivity contribution < 1.29 is 9.59 Å². The van der Waals surface area contributed by atoms with E-state index in [1.165, 1.54) is 0 Å². The number of tetrazole rings is 1. The van der Waals surface area contributed by atoms with E-state index >= 15 is 0 Å². The van der Waals surface area contributed by atoms with Gasteiger partial charge in [-0.15, -0.1) is 16.9 Å². The number of rotatable bonds is 10. The SMILES string of the molecule is CN(C)c1ccc(/C=C(\NC(=O)c2ccccc2)C(=O)Nc2ccc(SCc3nnnn3-c3ccccc3)cc2)cc1. The van der Waals surface area contributed by atoms with Gasteiger partial charge < -0.3 is 15.5 Å². The van der Waals surface area contributed by atoms with Crippen LogP contribution in [0, 0.1) is 0 Å². The van der Waals surface area contributed by atoms with Gasteiger partial charge in [-0.3, -0.25) is 9.59 Å². The molecule has 5 aromatic rings. The third-order valence-electron chi connectivity index (χ3n) is 6.26. The monoisotopic (exact) mass is 575 g/mol. The second kappa shape index (κ2) is 13.4. The van der Waals surface area contributed by atoms with Crippen LogP contribution in [0.2, 0.25) is 0 Å². The lowest BCUT2D eigenvalue weighted by molar-refractivity contribution is -0.113. The Labute approximate surface area is 248 Å². The maximum atomic E-state index is 13.4. The molecule has 4 aromatic carbocycles. The first-order valence-electron chi connectivity index (χ1n) is 13.2. The zero-order chi connectivity index (χ0) is 29.3. The lowest BCUT2D eigenvalue weighted by Crippen LogP contribution is -2.30. The van der Waals surface area contributed by atoms with Gasteiger partial charge in [-0.2, -0.15) is 4.68 Å². The molecule has 0 saturated carbocycles. The smallest absolute Gasteiger partial charge is 0.272 e. The van der Waals surface area contributed by atoms with Crippen LogP contribution in [0.5, 0.6) is 0 Å². The topological polar surface area (TPSA) is 105 Å². The molecule has 0 aliphatic rings. The number of carbonyl (C=O) groups excluding carboxylic acids is 2. The number of aromatic nitrogens is 4. The van der Waals surface area contributed by atoms with Gasteiger partial charge in [-0.05, 0) is 82.7 Å². The molecule has 1 heterocycles. The van der Waals surface area contributed by atoms with Gasteiger partial charge >= 0.3 is 0 Å². The van der Waals surface area contributed by atoms with Crippen molar-refractivity contribution >= 4 is 41.0 Å². The van der Waals surface area contributed by atoms with Gasteiger partial charge in [0.2, 0.25) is 0 Å². The Bertz CT molecular complexity index is 1670. The van der Waals surface area contributed by atoms with E-state index in [9.17, 15) is 9.59 Å². The molecule has 9 nitrogen and oxygen atoms in total. The largest absolute Gasteiger partial charge is 0.378 e. The Balaban J connectivity index is 1.28. The van der Waals surface area contributed by atoms with Crippen LogP contribution in [0.3, 0.4) is 0 Å². The predicted octanol–water partition coefficient (Wildman–Crippen LogP) is 5.43. The molecule has 0 aliphatic heterocycles. The van der Waals surface area contributed by atoms with E-state index in [4.69, 9.17) is 0 Å². The van der Waals surface area contributed by atoms with Crippen LogP contribution in [-0.4, -0.2) is 46.1 Å². The van der Waals surface area contributed by atoms with Gasteiger partial charge in [0.25, 0.3) is 11.8 Å². The van der Waals surface area contributed by atoms with Crippen LogP contribution >= 0.6 is 11.8 Å². The van der Waals surface area contributed by atoms with E-state index in [1.807, 2.05) is 104 Å². The summed E-state index contributed by atoms with van der Waals surface area (Å²) in [7, 11) is 3.92. The number of benzene rings is 4. The fourth-order valence-electron chi connectivity index (χ4n) is 4.02. The standard InChI is InChI=1S/C32H29N7O2S/c1-38(2)26-17-13-23(14-18-26)21-29(34-31(40)24-9-5-3-6-10-24)32(41)33-25-15-19-28(20-16-25)42-22-30-35-36-37-39(30)27-11-7-4-8-12-27/h3-21H,22H2,1-2H3,(H,33,41)(H,34,40)/b29-21-. The summed E-state index contributed by atoms with van der Waals surface area (Å²) in [4.78, 5) is 29.3. The van der Waals surface area contributed by atoms with Crippen molar-refractivity contribution in [2.45, 2.75) is 10.6 Å². The van der Waals surface area contributed by atoms with Gasteiger partial charge in [0.05, 0.1) is 11.4 Å². The number of hydrogen-bond donors (Lipinski definition) is 2. The number of thioether (sulfide) groups is 1. The molecule has 5 rings (SSSR count). The van der Waals surface area contributed by atoms with Crippen molar-refractivity contribution in [1.29, 1.82) is 0 Å². The summed E-state index contributed by atoms with van der Waals surface area (Å²) in [5.74, 6) is 0.495. The Morgan fingerprint density at radius 2 is 1.52 bits per heavy atom. The van der Waals surface area contributed by atoms with E-state index in [0.29, 0.717) is 17.0 Å². The Morgan fingerprint density at radius 3 is 2.19 bits per heavy atom. The van der Waals surface area contributed by atoms with E-state index < -0.39 is 5.91 Å². The zero-order valence-corrected chi connectivity index (χ0v) is 24.0. The number of anilines is 2. The lowest BCUT2D eigenvalue weighted by atomic mass is 10.1. The van der Waals surface area contributed by atoms with E-state index in [2.05, 4.69) is 26.2 Å². The quantitative estimate of drug-likeness (QED) is 0.169. The average Bonchev–Trinajstić information content (AvgIpc) is 3.50. The number of nitrogens with one attached hydrogen (secondary N) is 2. The minimum Gasteiger partial charge on any atom is -0.378 e. The molecule has 10 heteroatoms. The predicted molar refractivity (Wildman–Crippen MR) is 166 cm³/mol. The molecule has 1 aromatic heterocycles. The van der Waals surface area contributed by atoms with Crippen molar-refractivity contribution in [3.8, 4) is 5.69 Å². The van der Waals surface area contributed by atoms with Crippen LogP contribution in [0.25, 0.3) is 11.8 Å². The molecule has 0 saturated heterocycles. The van der Waals surface area contributed by atoms with Crippen LogP contribution in [-0.2, 0) is 10.5 Å². The lowest BCUT2D eigenvalue weighted by Gasteiger charge is -2.13. The first kappa shape index (κ1) is 28.3. The van der Waals surface area contributed by atoms with Crippen molar-refractivity contribution in [2.75, 3.05) is 24.3 Å². The minimum absolute atomic E-state index is 0.132. The van der Waals surface area contributed by atoms with Gasteiger partial charge in [0.1, 0.15) is 5.70 Å². The normalized spacial score (nSPS) is 11.1. The molecule has 2 N–H and O–H groups in total. The molecule has 210 valence electrons. The van der Waals surface area contributed by atoms with Gasteiger partial charge in [0.15, 0.2) is 5.82 Å². The van der Waals surface area contributed by atoms with Crippen molar-refractivity contribution in [3.05, 3.63) is 132 Å². The van der Waals surface area contributed by atoms with Crippen molar-refractivity contribution in [1.82, 2.24) is 25.5 Å². The first-order chi connectivity index (χ1) is 20.5. The van der Waals surface area contributed by atoms with Crippen molar-refractivity contribution in [3.63, 3.8) is 0 Å². The minimum atomic E-state index is -0.432. The molecular weight excluding hydrogens is 546 g/mol. The molecule has 0 spiro atoms. The van der Waals surface area contributed by atoms with Crippen LogP contribution in [0.15, 0.2) is 120 Å². The van der Waals surface area contributed by atoms with Gasteiger partial charge in [-0.1, -0.05) is 48.5 Å². The maximum Gasteiger partial charge on any atom is 0.272 e. The van der Waals surface area contributed by atoms with E-state index in [-0.39, 0.29) is 11.6 Å². The maximum absolute atomic E-state index is 13.4. The third kappa shape index (κ3) is 7.29. The summed E-state index contributed by atoms with van der Waals surface area (Å²) in [5, 5.41) is 17.8. The third-order valence-corrected chi connectivity index (χ3v) is 7.27. The van der Waals surface area contributed by atoms with Gasteiger partial charge in [-0.25, -0.2) is 0 Å². The second-order valence-electron chi connectivity index (χ2n) is 9.47. The summed E-state index contributed by atoms with van der Waals surface area (Å²) in [6, 6.07) is 33.7. The van der Waals surface area contributed by atoms with E-state index in [0.717, 1.165) is 27.7 Å². The molecule has 2 amide bonds. The fraction of sp³-hybridized carbons (Fsp3) is 0.0938. The second-order valence-corrected chi connectivity index (χ2v) is 10.5. The number of para-hydroxylation sites is 1. The highest BCUT2D eigenvalue weighted by atomic mass is 32.2. The molecule has 0 bridgehead atoms. The van der Waals surface area contributed by atoms with Crippen molar-refractivity contribution in [2.24, 2.45) is 0 Å². The summed E-state index contributed by atoms with van der Waals surface area (Å²) in [6.45, 7) is 0. The van der Waals surface area contributed by atoms with E-state index in [1.54, 1.807) is 46.8 Å². The molecular formula is C32H29N7O2S. The van der Waals surface area contributed by atoms with Crippen LogP contribution in [0.1, 0.15) is 21.7 Å². The summed E-state index contributed by atoms with van der Waals surface area (Å²) in [5.41, 5.74) is 3.89. The van der Waals surface area contributed by atoms with Crippen LogP contribution < -0.4 is 15.5 Å². The molecule has 42 heavy (non-hydrogen) atoms. The molecule has 0 atom stereocenters.